The highest BCUT2D eigenvalue weighted by molar-refractivity contribution is 6.00. The number of aromatic hydroxyl groups is 2. The summed E-state index contributed by atoms with van der Waals surface area (Å²) in [6.07, 6.45) is 0. The summed E-state index contributed by atoms with van der Waals surface area (Å²) in [6.45, 7) is 1.21. The van der Waals surface area contributed by atoms with E-state index in [2.05, 4.69) is 16.0 Å². The molecule has 0 fully saturated rings. The van der Waals surface area contributed by atoms with Gasteiger partial charge in [0.25, 0.3) is 17.7 Å². The molecule has 12 heteroatoms. The minimum Gasteiger partial charge on any atom is -0.504 e. The number of hydrogen-bond donors (Lipinski definition) is 8. The van der Waals surface area contributed by atoms with Gasteiger partial charge in [0.1, 0.15) is 6.04 Å². The molecule has 3 aromatic carbocycles. The summed E-state index contributed by atoms with van der Waals surface area (Å²) < 4.78 is 0. The first-order chi connectivity index (χ1) is 18.1. The molecule has 0 heterocycles. The third-order valence-electron chi connectivity index (χ3n) is 5.50. The maximum atomic E-state index is 12.5. The second kappa shape index (κ2) is 12.3. The lowest BCUT2D eigenvalue weighted by Gasteiger charge is -2.20. The molecule has 9 N–H and O–H groups in total. The van der Waals surface area contributed by atoms with Crippen LogP contribution >= 0.6 is 0 Å². The van der Waals surface area contributed by atoms with Gasteiger partial charge in [-0.1, -0.05) is 24.3 Å². The lowest BCUT2D eigenvalue weighted by molar-refractivity contribution is -0.131. The van der Waals surface area contributed by atoms with E-state index in [9.17, 15) is 29.4 Å². The van der Waals surface area contributed by atoms with E-state index in [1.54, 1.807) is 48.5 Å². The van der Waals surface area contributed by atoms with Crippen molar-refractivity contribution in [3.8, 4) is 22.6 Å². The number of amides is 4. The minimum absolute atomic E-state index is 0.0883. The molecule has 198 valence electrons. The van der Waals surface area contributed by atoms with Crippen molar-refractivity contribution in [1.82, 2.24) is 16.1 Å². The largest absolute Gasteiger partial charge is 0.504 e. The zero-order valence-corrected chi connectivity index (χ0v) is 20.3. The molecule has 12 nitrogen and oxygen atoms in total. The summed E-state index contributed by atoms with van der Waals surface area (Å²) in [5, 5.41) is 35.2. The van der Waals surface area contributed by atoms with E-state index in [0.29, 0.717) is 11.3 Å². The Bertz CT molecular complexity index is 1320. The van der Waals surface area contributed by atoms with Crippen molar-refractivity contribution in [1.29, 1.82) is 0 Å². The quantitative estimate of drug-likeness (QED) is 0.116. The third kappa shape index (κ3) is 7.06. The van der Waals surface area contributed by atoms with Crippen molar-refractivity contribution in [2.75, 3.05) is 11.9 Å². The molecule has 3 aromatic rings. The van der Waals surface area contributed by atoms with E-state index < -0.39 is 41.5 Å². The van der Waals surface area contributed by atoms with Crippen LogP contribution in [-0.4, -0.2) is 57.7 Å². The minimum atomic E-state index is -1.11. The van der Waals surface area contributed by atoms with Gasteiger partial charge in [0.2, 0.25) is 5.91 Å². The number of hydroxylamine groups is 1. The number of nitrogens with two attached hydrogens (primary N) is 1. The van der Waals surface area contributed by atoms with Crippen molar-refractivity contribution in [3.05, 3.63) is 77.9 Å². The van der Waals surface area contributed by atoms with Gasteiger partial charge in [-0.25, -0.2) is 5.48 Å². The lowest BCUT2D eigenvalue weighted by atomic mass is 10.0. The zero-order chi connectivity index (χ0) is 27.8. The number of carbonyl (C=O) groups is 4. The smallest absolute Gasteiger partial charge is 0.267 e. The number of rotatable bonds is 9. The summed E-state index contributed by atoms with van der Waals surface area (Å²) in [5.41, 5.74) is 9.65. The Hall–Kier alpha value is -4.94. The number of carbonyl (C=O) groups excluding carboxylic acids is 4. The van der Waals surface area contributed by atoms with Crippen LogP contribution in [0.1, 0.15) is 27.6 Å². The molecule has 4 amide bonds. The molecular weight excluding hydrogens is 494 g/mol. The van der Waals surface area contributed by atoms with E-state index in [1.165, 1.54) is 24.5 Å². The van der Waals surface area contributed by atoms with Crippen molar-refractivity contribution in [2.24, 2.45) is 5.73 Å². The van der Waals surface area contributed by atoms with Gasteiger partial charge in [-0.05, 0) is 60.5 Å². The Morgan fingerprint density at radius 2 is 1.39 bits per heavy atom. The van der Waals surface area contributed by atoms with Crippen molar-refractivity contribution in [3.63, 3.8) is 0 Å². The van der Waals surface area contributed by atoms with Crippen LogP contribution < -0.4 is 27.2 Å². The SMILES string of the molecule is C[C@@H](N)[C@H](NC(=O)c1ccc(-c2ccc(NC(=O)CNC(=O)c3ccc(O)c(O)c3)cc2)cc1)C(=O)NO. The summed E-state index contributed by atoms with van der Waals surface area (Å²) in [5.74, 6) is -3.21. The first-order valence-corrected chi connectivity index (χ1v) is 11.4. The first kappa shape index (κ1) is 27.6. The molecule has 0 aliphatic carbocycles. The monoisotopic (exact) mass is 521 g/mol. The summed E-state index contributed by atoms with van der Waals surface area (Å²) in [4.78, 5) is 48.5. The van der Waals surface area contributed by atoms with Gasteiger partial charge in [0, 0.05) is 22.9 Å². The van der Waals surface area contributed by atoms with Gasteiger partial charge in [0.15, 0.2) is 11.5 Å². The molecular formula is C26H27N5O7. The van der Waals surface area contributed by atoms with E-state index in [-0.39, 0.29) is 17.9 Å². The average Bonchev–Trinajstić information content (AvgIpc) is 2.91. The van der Waals surface area contributed by atoms with Crippen molar-refractivity contribution < 1.29 is 34.6 Å². The highest BCUT2D eigenvalue weighted by Gasteiger charge is 2.24. The van der Waals surface area contributed by atoms with E-state index in [1.807, 2.05) is 0 Å². The van der Waals surface area contributed by atoms with Gasteiger partial charge in [-0.15, -0.1) is 0 Å². The van der Waals surface area contributed by atoms with Crippen molar-refractivity contribution >= 4 is 29.3 Å². The Morgan fingerprint density at radius 1 is 0.816 bits per heavy atom. The van der Waals surface area contributed by atoms with Crippen LogP contribution in [0, 0.1) is 0 Å². The molecule has 0 saturated heterocycles. The first-order valence-electron chi connectivity index (χ1n) is 11.4. The fourth-order valence-corrected chi connectivity index (χ4v) is 3.42. The van der Waals surface area contributed by atoms with Crippen LogP contribution in [0.3, 0.4) is 0 Å². The van der Waals surface area contributed by atoms with Crippen LogP contribution in [0.25, 0.3) is 11.1 Å². The number of phenols is 2. The highest BCUT2D eigenvalue weighted by Crippen LogP contribution is 2.25. The maximum Gasteiger partial charge on any atom is 0.267 e. The molecule has 38 heavy (non-hydrogen) atoms. The second-order valence-electron chi connectivity index (χ2n) is 8.38. The van der Waals surface area contributed by atoms with Crippen LogP contribution in [0.4, 0.5) is 5.69 Å². The predicted molar refractivity (Wildman–Crippen MR) is 137 cm³/mol. The third-order valence-corrected chi connectivity index (χ3v) is 5.50. The van der Waals surface area contributed by atoms with E-state index in [0.717, 1.165) is 17.2 Å². The number of anilines is 1. The highest BCUT2D eigenvalue weighted by atomic mass is 16.5. The summed E-state index contributed by atoms with van der Waals surface area (Å²) in [6, 6.07) is 15.2. The van der Waals surface area contributed by atoms with Crippen LogP contribution in [-0.2, 0) is 9.59 Å². The lowest BCUT2D eigenvalue weighted by Crippen LogP contribution is -2.54. The maximum absolute atomic E-state index is 12.5. The van der Waals surface area contributed by atoms with Crippen molar-refractivity contribution in [2.45, 2.75) is 19.0 Å². The number of hydrogen-bond acceptors (Lipinski definition) is 8. The van der Waals surface area contributed by atoms with E-state index >= 15 is 0 Å². The van der Waals surface area contributed by atoms with Gasteiger partial charge >= 0.3 is 0 Å². The predicted octanol–water partition coefficient (Wildman–Crippen LogP) is 1.08. The summed E-state index contributed by atoms with van der Waals surface area (Å²) >= 11 is 0. The van der Waals surface area contributed by atoms with Crippen LogP contribution in [0.5, 0.6) is 11.5 Å². The summed E-state index contributed by atoms with van der Waals surface area (Å²) in [7, 11) is 0. The van der Waals surface area contributed by atoms with Gasteiger partial charge < -0.3 is 31.9 Å². The van der Waals surface area contributed by atoms with Gasteiger partial charge in [-0.3, -0.25) is 24.4 Å². The zero-order valence-electron chi connectivity index (χ0n) is 20.3. The average molecular weight is 522 g/mol. The molecule has 0 unspecified atom stereocenters. The second-order valence-corrected chi connectivity index (χ2v) is 8.38. The normalized spacial score (nSPS) is 12.1. The Kier molecular flexibility index (Phi) is 8.98. The molecule has 0 spiro atoms. The molecule has 0 aliphatic rings. The fourth-order valence-electron chi connectivity index (χ4n) is 3.42. The molecule has 0 saturated carbocycles. The number of phenolic OH excluding ortho intramolecular Hbond substituents is 2. The molecule has 3 rings (SSSR count). The van der Waals surface area contributed by atoms with Crippen LogP contribution in [0.2, 0.25) is 0 Å². The fraction of sp³-hybridized carbons (Fsp3) is 0.154. The molecule has 0 aliphatic heterocycles. The standard InChI is InChI=1S/C26H27N5O7/c1-14(27)23(26(37)31-38)30-25(36)17-4-2-15(3-5-17)16-6-9-19(10-7-16)29-22(34)13-28-24(35)18-8-11-20(32)21(33)12-18/h2-12,14,23,32-33,38H,13,27H2,1H3,(H,28,35)(H,29,34)(H,30,36)(H,31,37)/t14-,23+/m1/s1. The Labute approximate surface area is 217 Å². The number of nitrogens with one attached hydrogen (secondary N) is 4. The topological polar surface area (TPSA) is 203 Å². The Morgan fingerprint density at radius 3 is 1.95 bits per heavy atom. The molecule has 2 atom stereocenters. The van der Waals surface area contributed by atoms with Gasteiger partial charge in [0.05, 0.1) is 6.54 Å². The molecule has 0 bridgehead atoms. The molecule has 0 radical (unpaired) electrons. The molecule has 0 aromatic heterocycles. The Balaban J connectivity index is 1.55. The van der Waals surface area contributed by atoms with Crippen LogP contribution in [0.15, 0.2) is 66.7 Å². The van der Waals surface area contributed by atoms with Gasteiger partial charge in [-0.2, -0.15) is 0 Å². The number of benzene rings is 3. The van der Waals surface area contributed by atoms with E-state index in [4.69, 9.17) is 10.9 Å².